The number of benzene rings is 2. The normalized spacial score (nSPS) is 10.4. The smallest absolute Gasteiger partial charge is 0.150 e. The van der Waals surface area contributed by atoms with Gasteiger partial charge in [0.1, 0.15) is 37.3 Å². The van der Waals surface area contributed by atoms with Crippen molar-refractivity contribution in [1.82, 2.24) is 0 Å². The molecule has 4 heteroatoms. The van der Waals surface area contributed by atoms with Crippen LogP contribution in [0, 0.1) is 0 Å². The minimum absolute atomic E-state index is 0.424. The Balaban J connectivity index is 1.68. The van der Waals surface area contributed by atoms with Gasteiger partial charge < -0.3 is 9.47 Å². The fourth-order valence-corrected chi connectivity index (χ4v) is 1.71. The molecular weight excluding hydrogens is 280 g/mol. The second-order valence-electron chi connectivity index (χ2n) is 4.47. The van der Waals surface area contributed by atoms with Gasteiger partial charge in [-0.05, 0) is 60.7 Å². The first kappa shape index (κ1) is 15.5. The molecule has 0 spiro atoms. The zero-order valence-electron chi connectivity index (χ0n) is 12.0. The van der Waals surface area contributed by atoms with Gasteiger partial charge in [0.2, 0.25) is 0 Å². The Kier molecular flexibility index (Phi) is 5.93. The third-order valence-corrected chi connectivity index (χ3v) is 2.89. The molecule has 0 N–H and O–H groups in total. The number of carbonyl (C=O) groups is 2. The molecule has 0 aliphatic rings. The zero-order chi connectivity index (χ0) is 15.6. The molecule has 2 rings (SSSR count). The molecule has 2 aromatic carbocycles. The van der Waals surface area contributed by atoms with Crippen LogP contribution in [-0.2, 0) is 0 Å². The molecule has 112 valence electrons. The molecule has 2 aromatic rings. The van der Waals surface area contributed by atoms with Crippen LogP contribution in [0.2, 0.25) is 0 Å². The fraction of sp³-hybridized carbons (Fsp3) is 0.111. The molecule has 0 aliphatic heterocycles. The summed E-state index contributed by atoms with van der Waals surface area (Å²) in [4.78, 5) is 21.0. The summed E-state index contributed by atoms with van der Waals surface area (Å²) >= 11 is 0. The standard InChI is InChI=1S/C18H16O4/c19-13-15-3-7-17(8-4-15)21-11-1-2-12-22-18-9-5-16(14-20)6-10-18/h1-10,13-14H,11-12H2/b2-1-. The van der Waals surface area contributed by atoms with Gasteiger partial charge in [0.15, 0.2) is 0 Å². The van der Waals surface area contributed by atoms with E-state index < -0.39 is 0 Å². The number of hydrogen-bond acceptors (Lipinski definition) is 4. The van der Waals surface area contributed by atoms with E-state index in [1.807, 2.05) is 12.2 Å². The van der Waals surface area contributed by atoms with Crippen LogP contribution >= 0.6 is 0 Å². The summed E-state index contributed by atoms with van der Waals surface area (Å²) in [5, 5.41) is 0. The highest BCUT2D eigenvalue weighted by Crippen LogP contribution is 2.12. The summed E-state index contributed by atoms with van der Waals surface area (Å²) in [6.45, 7) is 0.849. The minimum atomic E-state index is 0.424. The highest BCUT2D eigenvalue weighted by molar-refractivity contribution is 5.75. The van der Waals surface area contributed by atoms with E-state index in [2.05, 4.69) is 0 Å². The van der Waals surface area contributed by atoms with Gasteiger partial charge in [-0.3, -0.25) is 9.59 Å². The predicted octanol–water partition coefficient (Wildman–Crippen LogP) is 3.33. The quantitative estimate of drug-likeness (QED) is 0.554. The van der Waals surface area contributed by atoms with E-state index in [9.17, 15) is 9.59 Å². The van der Waals surface area contributed by atoms with Gasteiger partial charge in [-0.2, -0.15) is 0 Å². The maximum atomic E-state index is 10.5. The first-order valence-electron chi connectivity index (χ1n) is 6.83. The van der Waals surface area contributed by atoms with Crippen molar-refractivity contribution in [2.24, 2.45) is 0 Å². The van der Waals surface area contributed by atoms with Crippen LogP contribution in [-0.4, -0.2) is 25.8 Å². The second-order valence-corrected chi connectivity index (χ2v) is 4.47. The first-order chi connectivity index (χ1) is 10.8. The summed E-state index contributed by atoms with van der Waals surface area (Å²) < 4.78 is 11.0. The summed E-state index contributed by atoms with van der Waals surface area (Å²) in [5.41, 5.74) is 1.24. The first-order valence-corrected chi connectivity index (χ1v) is 6.83. The maximum absolute atomic E-state index is 10.5. The highest BCUT2D eigenvalue weighted by atomic mass is 16.5. The Labute approximate surface area is 129 Å². The Morgan fingerprint density at radius 2 is 1.00 bits per heavy atom. The van der Waals surface area contributed by atoms with E-state index in [1.54, 1.807) is 48.5 Å². The van der Waals surface area contributed by atoms with Crippen LogP contribution in [0.1, 0.15) is 20.7 Å². The fourth-order valence-electron chi connectivity index (χ4n) is 1.71. The van der Waals surface area contributed by atoms with Crippen molar-refractivity contribution >= 4 is 12.6 Å². The molecule has 0 aliphatic carbocycles. The van der Waals surface area contributed by atoms with E-state index in [1.165, 1.54) is 0 Å². The highest BCUT2D eigenvalue weighted by Gasteiger charge is 1.94. The van der Waals surface area contributed by atoms with E-state index in [4.69, 9.17) is 9.47 Å². The number of hydrogen-bond donors (Lipinski definition) is 0. The lowest BCUT2D eigenvalue weighted by molar-refractivity contribution is 0.111. The number of aldehydes is 2. The van der Waals surface area contributed by atoms with Crippen molar-refractivity contribution in [3.63, 3.8) is 0 Å². The van der Waals surface area contributed by atoms with E-state index in [0.29, 0.717) is 35.8 Å². The van der Waals surface area contributed by atoms with Crippen LogP contribution < -0.4 is 9.47 Å². The lowest BCUT2D eigenvalue weighted by Crippen LogP contribution is -1.97. The number of rotatable bonds is 8. The Morgan fingerprint density at radius 3 is 1.32 bits per heavy atom. The summed E-state index contributed by atoms with van der Waals surface area (Å²) in [7, 11) is 0. The molecule has 0 radical (unpaired) electrons. The van der Waals surface area contributed by atoms with Crippen LogP contribution in [0.15, 0.2) is 60.7 Å². The van der Waals surface area contributed by atoms with Gasteiger partial charge in [0, 0.05) is 11.1 Å². The molecule has 0 saturated heterocycles. The largest absolute Gasteiger partial charge is 0.490 e. The Hall–Kier alpha value is -2.88. The molecule has 0 unspecified atom stereocenters. The van der Waals surface area contributed by atoms with Gasteiger partial charge in [-0.15, -0.1) is 0 Å². The Morgan fingerprint density at radius 1 is 0.636 bits per heavy atom. The van der Waals surface area contributed by atoms with Crippen molar-refractivity contribution < 1.29 is 19.1 Å². The monoisotopic (exact) mass is 296 g/mol. The molecule has 0 amide bonds. The third-order valence-electron chi connectivity index (χ3n) is 2.89. The molecule has 4 nitrogen and oxygen atoms in total. The molecule has 0 heterocycles. The minimum Gasteiger partial charge on any atom is -0.490 e. The molecule has 0 fully saturated rings. The van der Waals surface area contributed by atoms with Crippen LogP contribution in [0.25, 0.3) is 0 Å². The Bertz CT molecular complexity index is 570. The molecule has 22 heavy (non-hydrogen) atoms. The van der Waals surface area contributed by atoms with Gasteiger partial charge in [-0.25, -0.2) is 0 Å². The second kappa shape index (κ2) is 8.42. The lowest BCUT2D eigenvalue weighted by Gasteiger charge is -2.04. The van der Waals surface area contributed by atoms with Crippen LogP contribution in [0.5, 0.6) is 11.5 Å². The van der Waals surface area contributed by atoms with Gasteiger partial charge in [-0.1, -0.05) is 0 Å². The SMILES string of the molecule is O=Cc1ccc(OC/C=C\COc2ccc(C=O)cc2)cc1. The summed E-state index contributed by atoms with van der Waals surface area (Å²) in [6, 6.07) is 13.8. The average molecular weight is 296 g/mol. The summed E-state index contributed by atoms with van der Waals surface area (Å²) in [6.07, 6.45) is 5.30. The predicted molar refractivity (Wildman–Crippen MR) is 83.8 cm³/mol. The maximum Gasteiger partial charge on any atom is 0.150 e. The molecule has 0 bridgehead atoms. The van der Waals surface area contributed by atoms with Gasteiger partial charge >= 0.3 is 0 Å². The van der Waals surface area contributed by atoms with Crippen molar-refractivity contribution in [1.29, 1.82) is 0 Å². The number of carbonyl (C=O) groups excluding carboxylic acids is 2. The van der Waals surface area contributed by atoms with E-state index in [-0.39, 0.29) is 0 Å². The van der Waals surface area contributed by atoms with E-state index in [0.717, 1.165) is 12.6 Å². The average Bonchev–Trinajstić information content (AvgIpc) is 2.59. The topological polar surface area (TPSA) is 52.6 Å². The summed E-state index contributed by atoms with van der Waals surface area (Å²) in [5.74, 6) is 1.42. The van der Waals surface area contributed by atoms with Crippen molar-refractivity contribution in [3.8, 4) is 11.5 Å². The zero-order valence-corrected chi connectivity index (χ0v) is 12.0. The molecule has 0 atom stereocenters. The van der Waals surface area contributed by atoms with Crippen LogP contribution in [0.4, 0.5) is 0 Å². The van der Waals surface area contributed by atoms with Crippen molar-refractivity contribution in [3.05, 3.63) is 71.8 Å². The molecule has 0 saturated carbocycles. The van der Waals surface area contributed by atoms with Crippen molar-refractivity contribution in [2.45, 2.75) is 0 Å². The van der Waals surface area contributed by atoms with Gasteiger partial charge in [0.05, 0.1) is 0 Å². The van der Waals surface area contributed by atoms with Crippen molar-refractivity contribution in [2.75, 3.05) is 13.2 Å². The van der Waals surface area contributed by atoms with E-state index >= 15 is 0 Å². The molecule has 0 aromatic heterocycles. The lowest BCUT2D eigenvalue weighted by atomic mass is 10.2. The van der Waals surface area contributed by atoms with Crippen LogP contribution in [0.3, 0.4) is 0 Å². The molecular formula is C18H16O4. The van der Waals surface area contributed by atoms with Gasteiger partial charge in [0.25, 0.3) is 0 Å². The third kappa shape index (κ3) is 4.90. The number of ether oxygens (including phenoxy) is 2.